The zero-order valence-electron chi connectivity index (χ0n) is 9.66. The Morgan fingerprint density at radius 2 is 2.20 bits per heavy atom. The molecule has 0 radical (unpaired) electrons. The van der Waals surface area contributed by atoms with Crippen LogP contribution in [0.5, 0.6) is 5.88 Å². The molecular weight excluding hydrogens is 190 g/mol. The fourth-order valence-electron chi connectivity index (χ4n) is 1.39. The lowest BCUT2D eigenvalue weighted by Gasteiger charge is -2.17. The molecule has 0 saturated heterocycles. The average Bonchev–Trinajstić information content (AvgIpc) is 2.20. The summed E-state index contributed by atoms with van der Waals surface area (Å²) in [6, 6.07) is 1.98. The summed E-state index contributed by atoms with van der Waals surface area (Å²) in [5.74, 6) is 0.703. The van der Waals surface area contributed by atoms with Gasteiger partial charge in [-0.15, -0.1) is 0 Å². The van der Waals surface area contributed by atoms with Crippen LogP contribution in [0.4, 0.5) is 5.69 Å². The van der Waals surface area contributed by atoms with Crippen molar-refractivity contribution in [2.75, 3.05) is 32.1 Å². The number of ether oxygens (including phenoxy) is 1. The maximum atomic E-state index is 5.55. The third kappa shape index (κ3) is 3.09. The zero-order chi connectivity index (χ0) is 11.3. The quantitative estimate of drug-likeness (QED) is 0.740. The van der Waals surface area contributed by atoms with Crippen molar-refractivity contribution in [3.05, 3.63) is 17.8 Å². The molecule has 84 valence electrons. The Bertz CT molecular complexity index is 313. The topological polar surface area (TPSA) is 51.4 Å². The Hall–Kier alpha value is -1.29. The summed E-state index contributed by atoms with van der Waals surface area (Å²) in [5.41, 5.74) is 7.60. The highest BCUT2D eigenvalue weighted by Gasteiger charge is 2.07. The Morgan fingerprint density at radius 3 is 2.80 bits per heavy atom. The van der Waals surface area contributed by atoms with Crippen LogP contribution in [0.1, 0.15) is 12.0 Å². The Balaban J connectivity index is 2.75. The van der Waals surface area contributed by atoms with Crippen LogP contribution in [-0.4, -0.2) is 32.2 Å². The summed E-state index contributed by atoms with van der Waals surface area (Å²) in [6.07, 6.45) is 2.62. The zero-order valence-corrected chi connectivity index (χ0v) is 9.66. The van der Waals surface area contributed by atoms with Gasteiger partial charge in [0.05, 0.1) is 6.61 Å². The lowest BCUT2D eigenvalue weighted by Crippen LogP contribution is -2.12. The van der Waals surface area contributed by atoms with Gasteiger partial charge in [-0.3, -0.25) is 0 Å². The van der Waals surface area contributed by atoms with E-state index in [0.717, 1.165) is 17.7 Å². The maximum Gasteiger partial charge on any atom is 0.218 e. The number of anilines is 1. The van der Waals surface area contributed by atoms with E-state index in [1.54, 1.807) is 6.20 Å². The van der Waals surface area contributed by atoms with E-state index in [9.17, 15) is 0 Å². The van der Waals surface area contributed by atoms with E-state index in [1.807, 2.05) is 32.0 Å². The van der Waals surface area contributed by atoms with E-state index in [4.69, 9.17) is 10.5 Å². The van der Waals surface area contributed by atoms with Crippen molar-refractivity contribution in [1.29, 1.82) is 0 Å². The summed E-state index contributed by atoms with van der Waals surface area (Å²) in [4.78, 5) is 6.25. The third-order valence-electron chi connectivity index (χ3n) is 2.20. The van der Waals surface area contributed by atoms with Crippen LogP contribution >= 0.6 is 0 Å². The number of hydrogen-bond acceptors (Lipinski definition) is 4. The molecular formula is C11H19N3O. The first-order valence-electron chi connectivity index (χ1n) is 5.12. The van der Waals surface area contributed by atoms with Gasteiger partial charge in [0.15, 0.2) is 0 Å². The number of nitrogens with zero attached hydrogens (tertiary/aromatic N) is 2. The molecule has 0 amide bonds. The largest absolute Gasteiger partial charge is 0.477 e. The number of rotatable bonds is 5. The summed E-state index contributed by atoms with van der Waals surface area (Å²) in [6.45, 7) is 3.29. The second kappa shape index (κ2) is 5.56. The van der Waals surface area contributed by atoms with Crippen molar-refractivity contribution < 1.29 is 4.74 Å². The van der Waals surface area contributed by atoms with Crippen LogP contribution in [0.15, 0.2) is 12.3 Å². The van der Waals surface area contributed by atoms with E-state index >= 15 is 0 Å². The van der Waals surface area contributed by atoms with Gasteiger partial charge < -0.3 is 15.4 Å². The van der Waals surface area contributed by atoms with Crippen molar-refractivity contribution in [2.45, 2.75) is 13.3 Å². The molecule has 15 heavy (non-hydrogen) atoms. The fourth-order valence-corrected chi connectivity index (χ4v) is 1.39. The highest BCUT2D eigenvalue weighted by molar-refractivity contribution is 5.54. The third-order valence-corrected chi connectivity index (χ3v) is 2.20. The van der Waals surface area contributed by atoms with Gasteiger partial charge in [0, 0.05) is 31.5 Å². The van der Waals surface area contributed by atoms with E-state index in [1.165, 1.54) is 0 Å². The van der Waals surface area contributed by atoms with Gasteiger partial charge in [-0.2, -0.15) is 0 Å². The molecule has 0 aliphatic rings. The van der Waals surface area contributed by atoms with E-state index in [0.29, 0.717) is 19.0 Å². The lowest BCUT2D eigenvalue weighted by atomic mass is 10.2. The van der Waals surface area contributed by atoms with Crippen molar-refractivity contribution in [3.8, 4) is 5.88 Å². The van der Waals surface area contributed by atoms with Crippen LogP contribution in [0.3, 0.4) is 0 Å². The van der Waals surface area contributed by atoms with Crippen LogP contribution in [-0.2, 0) is 0 Å². The molecule has 0 fully saturated rings. The standard InChI is InChI=1S/C11H19N3O/c1-9-10(14(2)3)5-7-13-11(9)15-8-4-6-12/h5,7H,4,6,8,12H2,1-3H3. The van der Waals surface area contributed by atoms with Gasteiger partial charge in [-0.25, -0.2) is 4.98 Å². The molecule has 1 aromatic heterocycles. The minimum absolute atomic E-state index is 0.626. The first kappa shape index (κ1) is 11.8. The molecule has 0 aliphatic heterocycles. The Kier molecular flexibility index (Phi) is 4.37. The summed E-state index contributed by atoms with van der Waals surface area (Å²) >= 11 is 0. The highest BCUT2D eigenvalue weighted by atomic mass is 16.5. The minimum atomic E-state index is 0.626. The van der Waals surface area contributed by atoms with Crippen LogP contribution in [0.2, 0.25) is 0 Å². The predicted molar refractivity (Wildman–Crippen MR) is 62.5 cm³/mol. The second-order valence-electron chi connectivity index (χ2n) is 3.65. The van der Waals surface area contributed by atoms with Gasteiger partial charge in [-0.1, -0.05) is 0 Å². The molecule has 0 aliphatic carbocycles. The number of nitrogens with two attached hydrogens (primary N) is 1. The average molecular weight is 209 g/mol. The first-order chi connectivity index (χ1) is 7.16. The lowest BCUT2D eigenvalue weighted by molar-refractivity contribution is 0.299. The van der Waals surface area contributed by atoms with Crippen molar-refractivity contribution >= 4 is 5.69 Å². The maximum absolute atomic E-state index is 5.55. The molecule has 0 saturated carbocycles. The van der Waals surface area contributed by atoms with E-state index in [-0.39, 0.29) is 0 Å². The second-order valence-corrected chi connectivity index (χ2v) is 3.65. The summed E-state index contributed by atoms with van der Waals surface area (Å²) in [7, 11) is 4.01. The normalized spacial score (nSPS) is 10.1. The van der Waals surface area contributed by atoms with Gasteiger partial charge in [0.25, 0.3) is 0 Å². The number of pyridine rings is 1. The van der Waals surface area contributed by atoms with Crippen LogP contribution < -0.4 is 15.4 Å². The van der Waals surface area contributed by atoms with E-state index < -0.39 is 0 Å². The monoisotopic (exact) mass is 209 g/mol. The summed E-state index contributed by atoms with van der Waals surface area (Å²) in [5, 5.41) is 0. The predicted octanol–water partition coefficient (Wildman–Crippen LogP) is 1.18. The van der Waals surface area contributed by atoms with Gasteiger partial charge in [-0.05, 0) is 26.0 Å². The molecule has 1 rings (SSSR count). The van der Waals surface area contributed by atoms with Gasteiger partial charge in [0.1, 0.15) is 0 Å². The smallest absolute Gasteiger partial charge is 0.218 e. The molecule has 2 N–H and O–H groups in total. The molecule has 0 atom stereocenters. The van der Waals surface area contributed by atoms with Gasteiger partial charge in [0.2, 0.25) is 5.88 Å². The van der Waals surface area contributed by atoms with Crippen molar-refractivity contribution in [2.24, 2.45) is 5.73 Å². The molecule has 0 bridgehead atoms. The molecule has 0 aromatic carbocycles. The van der Waals surface area contributed by atoms with Crippen molar-refractivity contribution in [1.82, 2.24) is 4.98 Å². The first-order valence-corrected chi connectivity index (χ1v) is 5.12. The SMILES string of the molecule is Cc1c(N(C)C)ccnc1OCCCN. The van der Waals surface area contributed by atoms with Crippen LogP contribution in [0.25, 0.3) is 0 Å². The van der Waals surface area contributed by atoms with Gasteiger partial charge >= 0.3 is 0 Å². The number of aromatic nitrogens is 1. The van der Waals surface area contributed by atoms with Crippen molar-refractivity contribution in [3.63, 3.8) is 0 Å². The molecule has 0 unspecified atom stereocenters. The Morgan fingerprint density at radius 1 is 1.47 bits per heavy atom. The molecule has 1 heterocycles. The fraction of sp³-hybridized carbons (Fsp3) is 0.545. The molecule has 0 spiro atoms. The number of hydrogen-bond donors (Lipinski definition) is 1. The van der Waals surface area contributed by atoms with Crippen LogP contribution in [0, 0.1) is 6.92 Å². The minimum Gasteiger partial charge on any atom is -0.477 e. The highest BCUT2D eigenvalue weighted by Crippen LogP contribution is 2.24. The molecule has 1 aromatic rings. The molecule has 4 heteroatoms. The Labute approximate surface area is 91.1 Å². The molecule has 4 nitrogen and oxygen atoms in total. The van der Waals surface area contributed by atoms with E-state index in [2.05, 4.69) is 4.98 Å². The summed E-state index contributed by atoms with van der Waals surface area (Å²) < 4.78 is 5.55.